The van der Waals surface area contributed by atoms with Crippen LogP contribution >= 0.6 is 11.3 Å². The lowest BCUT2D eigenvalue weighted by molar-refractivity contribution is -0.114. The molecule has 2 amide bonds. The maximum atomic E-state index is 12.9. The predicted molar refractivity (Wildman–Crippen MR) is 97.5 cm³/mol. The average molecular weight is 343 g/mol. The number of benzene rings is 1. The van der Waals surface area contributed by atoms with Gasteiger partial charge < -0.3 is 15.1 Å². The van der Waals surface area contributed by atoms with E-state index in [1.807, 2.05) is 41.3 Å². The molecule has 0 radical (unpaired) electrons. The van der Waals surface area contributed by atoms with Crippen molar-refractivity contribution in [2.24, 2.45) is 0 Å². The number of rotatable bonds is 3. The van der Waals surface area contributed by atoms with Crippen LogP contribution in [-0.2, 0) is 4.79 Å². The number of thiophene rings is 1. The number of nitrogens with one attached hydrogen (secondary N) is 1. The first kappa shape index (κ1) is 16.7. The van der Waals surface area contributed by atoms with Crippen LogP contribution in [0.5, 0.6) is 0 Å². The van der Waals surface area contributed by atoms with Crippen molar-refractivity contribution in [3.8, 4) is 10.4 Å². The minimum atomic E-state index is -0.163. The molecule has 0 bridgehead atoms. The maximum Gasteiger partial charge on any atom is 0.256 e. The van der Waals surface area contributed by atoms with Crippen LogP contribution in [0.4, 0.5) is 5.00 Å². The summed E-state index contributed by atoms with van der Waals surface area (Å²) in [6.45, 7) is 4.64. The van der Waals surface area contributed by atoms with Crippen molar-refractivity contribution in [3.63, 3.8) is 0 Å². The van der Waals surface area contributed by atoms with Gasteiger partial charge in [-0.25, -0.2) is 0 Å². The Balaban J connectivity index is 1.91. The summed E-state index contributed by atoms with van der Waals surface area (Å²) < 4.78 is 0. The first-order valence-electron chi connectivity index (χ1n) is 7.99. The van der Waals surface area contributed by atoms with Crippen molar-refractivity contribution in [1.82, 2.24) is 9.80 Å². The molecule has 0 atom stereocenters. The van der Waals surface area contributed by atoms with Crippen LogP contribution in [0.25, 0.3) is 10.4 Å². The van der Waals surface area contributed by atoms with Crippen LogP contribution in [0.2, 0.25) is 0 Å². The molecule has 5 nitrogen and oxygen atoms in total. The number of piperazine rings is 1. The third-order valence-electron chi connectivity index (χ3n) is 4.10. The number of amides is 2. The number of carbonyl (C=O) groups is 2. The van der Waals surface area contributed by atoms with E-state index in [-0.39, 0.29) is 11.8 Å². The minimum Gasteiger partial charge on any atom is -0.336 e. The van der Waals surface area contributed by atoms with E-state index in [9.17, 15) is 9.59 Å². The maximum absolute atomic E-state index is 12.9. The monoisotopic (exact) mass is 343 g/mol. The number of nitrogens with zero attached hydrogens (tertiary/aromatic N) is 2. The van der Waals surface area contributed by atoms with Gasteiger partial charge in [-0.1, -0.05) is 30.3 Å². The molecule has 1 saturated heterocycles. The fraction of sp³-hybridized carbons (Fsp3) is 0.333. The van der Waals surface area contributed by atoms with Gasteiger partial charge >= 0.3 is 0 Å². The van der Waals surface area contributed by atoms with Gasteiger partial charge in [-0.15, -0.1) is 11.3 Å². The van der Waals surface area contributed by atoms with E-state index in [2.05, 4.69) is 17.3 Å². The Hall–Kier alpha value is -2.18. The van der Waals surface area contributed by atoms with Crippen molar-refractivity contribution >= 4 is 28.2 Å². The van der Waals surface area contributed by atoms with E-state index in [0.717, 1.165) is 23.5 Å². The lowest BCUT2D eigenvalue weighted by atomic mass is 10.1. The van der Waals surface area contributed by atoms with Crippen molar-refractivity contribution in [3.05, 3.63) is 42.0 Å². The fourth-order valence-corrected chi connectivity index (χ4v) is 3.83. The lowest BCUT2D eigenvalue weighted by Crippen LogP contribution is -2.47. The Morgan fingerprint density at radius 1 is 1.08 bits per heavy atom. The molecule has 2 aromatic rings. The third kappa shape index (κ3) is 3.66. The summed E-state index contributed by atoms with van der Waals surface area (Å²) in [6.07, 6.45) is 0. The molecular formula is C18H21N3O2S. The molecule has 3 rings (SSSR count). The molecule has 24 heavy (non-hydrogen) atoms. The first-order valence-corrected chi connectivity index (χ1v) is 8.81. The highest BCUT2D eigenvalue weighted by Crippen LogP contribution is 2.36. The van der Waals surface area contributed by atoms with E-state index < -0.39 is 0 Å². The molecule has 1 aliphatic rings. The van der Waals surface area contributed by atoms with E-state index in [1.54, 1.807) is 0 Å². The molecule has 0 spiro atoms. The van der Waals surface area contributed by atoms with Crippen LogP contribution < -0.4 is 5.32 Å². The number of hydrogen-bond acceptors (Lipinski definition) is 4. The quantitative estimate of drug-likeness (QED) is 0.932. The second-order valence-electron chi connectivity index (χ2n) is 6.00. The lowest BCUT2D eigenvalue weighted by Gasteiger charge is -2.32. The summed E-state index contributed by atoms with van der Waals surface area (Å²) in [6, 6.07) is 11.8. The highest BCUT2D eigenvalue weighted by molar-refractivity contribution is 7.20. The molecule has 126 valence electrons. The van der Waals surface area contributed by atoms with E-state index in [1.165, 1.54) is 18.3 Å². The first-order chi connectivity index (χ1) is 11.5. The highest BCUT2D eigenvalue weighted by atomic mass is 32.1. The molecule has 1 aromatic carbocycles. The molecule has 2 heterocycles. The zero-order chi connectivity index (χ0) is 17.1. The van der Waals surface area contributed by atoms with Crippen LogP contribution in [0.15, 0.2) is 36.4 Å². The van der Waals surface area contributed by atoms with Gasteiger partial charge in [-0.05, 0) is 18.7 Å². The Bertz CT molecular complexity index is 734. The normalized spacial score (nSPS) is 15.3. The number of carbonyl (C=O) groups excluding carboxylic acids is 2. The van der Waals surface area contributed by atoms with Gasteiger partial charge in [0.25, 0.3) is 5.91 Å². The van der Waals surface area contributed by atoms with Gasteiger partial charge in [-0.2, -0.15) is 0 Å². The van der Waals surface area contributed by atoms with Crippen LogP contribution in [0, 0.1) is 0 Å². The molecule has 0 saturated carbocycles. The van der Waals surface area contributed by atoms with Crippen molar-refractivity contribution in [1.29, 1.82) is 0 Å². The van der Waals surface area contributed by atoms with Gasteiger partial charge in [0.15, 0.2) is 0 Å². The summed E-state index contributed by atoms with van der Waals surface area (Å²) in [7, 11) is 2.06. The topological polar surface area (TPSA) is 52.7 Å². The number of anilines is 1. The molecule has 1 aromatic heterocycles. The smallest absolute Gasteiger partial charge is 0.256 e. The van der Waals surface area contributed by atoms with Crippen molar-refractivity contribution < 1.29 is 9.59 Å². The third-order valence-corrected chi connectivity index (χ3v) is 5.20. The van der Waals surface area contributed by atoms with Gasteiger partial charge in [-0.3, -0.25) is 9.59 Å². The summed E-state index contributed by atoms with van der Waals surface area (Å²) >= 11 is 1.44. The largest absolute Gasteiger partial charge is 0.336 e. The Morgan fingerprint density at radius 3 is 2.38 bits per heavy atom. The summed E-state index contributed by atoms with van der Waals surface area (Å²) in [5.41, 5.74) is 1.63. The van der Waals surface area contributed by atoms with Gasteiger partial charge in [0, 0.05) is 38.0 Å². The Morgan fingerprint density at radius 2 is 1.75 bits per heavy atom. The van der Waals surface area contributed by atoms with Gasteiger partial charge in [0.2, 0.25) is 5.91 Å². The van der Waals surface area contributed by atoms with Crippen LogP contribution in [0.3, 0.4) is 0 Å². The number of likely N-dealkylation sites (N-methyl/N-ethyl adjacent to an activating group) is 1. The second kappa shape index (κ2) is 7.15. The second-order valence-corrected chi connectivity index (χ2v) is 7.05. The van der Waals surface area contributed by atoms with Gasteiger partial charge in [0.05, 0.1) is 5.56 Å². The minimum absolute atomic E-state index is 0.00900. The summed E-state index contributed by atoms with van der Waals surface area (Å²) in [5, 5.41) is 3.44. The van der Waals surface area contributed by atoms with Crippen molar-refractivity contribution in [2.45, 2.75) is 6.92 Å². The number of hydrogen-bond donors (Lipinski definition) is 1. The molecule has 0 aliphatic carbocycles. The molecular weight excluding hydrogens is 322 g/mol. The molecule has 1 fully saturated rings. The molecule has 6 heteroatoms. The average Bonchev–Trinajstić information content (AvgIpc) is 2.99. The molecule has 1 N–H and O–H groups in total. The van der Waals surface area contributed by atoms with E-state index in [4.69, 9.17) is 0 Å². The van der Waals surface area contributed by atoms with Crippen molar-refractivity contribution in [2.75, 3.05) is 38.5 Å². The van der Waals surface area contributed by atoms with E-state index >= 15 is 0 Å². The summed E-state index contributed by atoms with van der Waals surface area (Å²) in [5.74, 6) is -0.172. The zero-order valence-corrected chi connectivity index (χ0v) is 14.7. The predicted octanol–water partition coefficient (Wildman–Crippen LogP) is 2.76. The molecule has 1 aliphatic heterocycles. The Kier molecular flexibility index (Phi) is 4.97. The van der Waals surface area contributed by atoms with Crippen LogP contribution in [-0.4, -0.2) is 54.8 Å². The summed E-state index contributed by atoms with van der Waals surface area (Å²) in [4.78, 5) is 29.5. The molecule has 0 unspecified atom stereocenters. The standard InChI is InChI=1S/C18H21N3O2S/c1-13(22)19-17-15(18(23)21-10-8-20(2)9-11-21)12-16(24-17)14-6-4-3-5-7-14/h3-7,12H,8-11H2,1-2H3,(H,19,22). The Labute approximate surface area is 145 Å². The van der Waals surface area contributed by atoms with E-state index in [0.29, 0.717) is 23.7 Å². The zero-order valence-electron chi connectivity index (χ0n) is 13.9. The highest BCUT2D eigenvalue weighted by Gasteiger charge is 2.25. The fourth-order valence-electron chi connectivity index (χ4n) is 2.73. The van der Waals surface area contributed by atoms with Gasteiger partial charge in [0.1, 0.15) is 5.00 Å². The van der Waals surface area contributed by atoms with Crippen LogP contribution in [0.1, 0.15) is 17.3 Å². The SMILES string of the molecule is CC(=O)Nc1sc(-c2ccccc2)cc1C(=O)N1CCN(C)CC1.